The molecule has 0 amide bonds. The molecule has 0 saturated carbocycles. The fourth-order valence-electron chi connectivity index (χ4n) is 1.28. The molecule has 0 unspecified atom stereocenters. The Morgan fingerprint density at radius 3 is 2.77 bits per heavy atom. The molecule has 13 heavy (non-hydrogen) atoms. The number of hydrogen-bond donors (Lipinski definition) is 0. The lowest BCUT2D eigenvalue weighted by molar-refractivity contribution is 0.918. The van der Waals surface area contributed by atoms with Gasteiger partial charge in [0.25, 0.3) is 0 Å². The summed E-state index contributed by atoms with van der Waals surface area (Å²) in [5.74, 6) is 0. The van der Waals surface area contributed by atoms with Crippen molar-refractivity contribution in [3.8, 4) is 6.07 Å². The lowest BCUT2D eigenvalue weighted by Gasteiger charge is -2.02. The van der Waals surface area contributed by atoms with Gasteiger partial charge in [0.2, 0.25) is 0 Å². The van der Waals surface area contributed by atoms with Crippen LogP contribution in [-0.2, 0) is 6.42 Å². The zero-order chi connectivity index (χ0) is 9.68. The minimum absolute atomic E-state index is 0.746. The molecule has 0 fully saturated rings. The Bertz CT molecular complexity index is 345. The Labute approximate surface area is 79.3 Å². The molecule has 0 aromatic heterocycles. The molecule has 1 radical (unpaired) electrons. The highest BCUT2D eigenvalue weighted by atomic mass is 14.2. The molecule has 1 heteroatoms. The number of rotatable bonds is 3. The first-order chi connectivity index (χ1) is 6.31. The Hall–Kier alpha value is -1.55. The zero-order valence-corrected chi connectivity index (χ0v) is 7.80. The average molecular weight is 170 g/mol. The number of aryl methyl sites for hydroxylation is 1. The van der Waals surface area contributed by atoms with E-state index in [0.717, 1.165) is 29.5 Å². The molecule has 0 spiro atoms. The maximum absolute atomic E-state index is 8.87. The molecule has 0 atom stereocenters. The smallest absolute Gasteiger partial charge is 0.0994 e. The summed E-state index contributed by atoms with van der Waals surface area (Å²) in [6, 6.07) is 7.94. The van der Waals surface area contributed by atoms with Crippen LogP contribution in [0.4, 0.5) is 0 Å². The fourth-order valence-corrected chi connectivity index (χ4v) is 1.28. The van der Waals surface area contributed by atoms with Gasteiger partial charge in [0.05, 0.1) is 11.6 Å². The molecule has 65 valence electrons. The van der Waals surface area contributed by atoms with Crippen LogP contribution in [0.1, 0.15) is 30.0 Å². The number of nitriles is 1. The number of benzene rings is 1. The van der Waals surface area contributed by atoms with Crippen molar-refractivity contribution < 1.29 is 0 Å². The van der Waals surface area contributed by atoms with E-state index in [0.29, 0.717) is 0 Å². The van der Waals surface area contributed by atoms with Gasteiger partial charge in [0.1, 0.15) is 0 Å². The van der Waals surface area contributed by atoms with Crippen LogP contribution in [0, 0.1) is 17.4 Å². The first kappa shape index (κ1) is 9.54. The zero-order valence-electron chi connectivity index (χ0n) is 7.80. The van der Waals surface area contributed by atoms with Crippen LogP contribution in [0.5, 0.6) is 0 Å². The van der Waals surface area contributed by atoms with Crippen LogP contribution in [0.25, 0.3) is 0 Å². The second kappa shape index (κ2) is 4.47. The van der Waals surface area contributed by atoms with Crippen molar-refractivity contribution in [2.75, 3.05) is 0 Å². The minimum Gasteiger partial charge on any atom is -0.192 e. The van der Waals surface area contributed by atoms with Crippen molar-refractivity contribution in [3.05, 3.63) is 47.5 Å². The predicted molar refractivity (Wildman–Crippen MR) is 53.1 cm³/mol. The van der Waals surface area contributed by atoms with Crippen LogP contribution < -0.4 is 0 Å². The number of hydrogen-bond acceptors (Lipinski definition) is 1. The molecule has 1 nitrogen and oxygen atoms in total. The predicted octanol–water partition coefficient (Wildman–Crippen LogP) is 2.85. The van der Waals surface area contributed by atoms with Crippen LogP contribution in [0.3, 0.4) is 0 Å². The monoisotopic (exact) mass is 170 g/mol. The second-order valence-electron chi connectivity index (χ2n) is 2.91. The summed E-state index contributed by atoms with van der Waals surface area (Å²) in [7, 11) is 0. The van der Waals surface area contributed by atoms with Gasteiger partial charge in [-0.25, -0.2) is 0 Å². The normalized spacial score (nSPS) is 9.23. The average Bonchev–Trinajstić information content (AvgIpc) is 2.19. The molecule has 1 aromatic carbocycles. The Balaban J connectivity index is 3.09. The standard InChI is InChI=1S/C12H12N/c1-3-5-11-7-6-10(4-2)8-12(11)9-13/h6-8H,2-3,5H2,1H3. The molecule has 0 heterocycles. The summed E-state index contributed by atoms with van der Waals surface area (Å²) in [6.45, 7) is 5.65. The molecule has 1 rings (SSSR count). The van der Waals surface area contributed by atoms with E-state index in [1.165, 1.54) is 0 Å². The highest BCUT2D eigenvalue weighted by Crippen LogP contribution is 2.12. The quantitative estimate of drug-likeness (QED) is 0.684. The summed E-state index contributed by atoms with van der Waals surface area (Å²) >= 11 is 0. The highest BCUT2D eigenvalue weighted by molar-refractivity contribution is 5.42. The molecular formula is C12H12N. The topological polar surface area (TPSA) is 23.8 Å². The molecular weight excluding hydrogens is 158 g/mol. The van der Waals surface area contributed by atoms with E-state index in [1.54, 1.807) is 0 Å². The maximum Gasteiger partial charge on any atom is 0.0994 e. The summed E-state index contributed by atoms with van der Waals surface area (Å²) in [4.78, 5) is 0. The largest absolute Gasteiger partial charge is 0.192 e. The van der Waals surface area contributed by atoms with Gasteiger partial charge < -0.3 is 0 Å². The summed E-state index contributed by atoms with van der Waals surface area (Å²) in [5.41, 5.74) is 2.75. The SMILES string of the molecule is C=[C]c1ccc(CCC)c(C#N)c1. The molecule has 0 aliphatic carbocycles. The van der Waals surface area contributed by atoms with Crippen LogP contribution in [0.2, 0.25) is 0 Å². The molecule has 1 aromatic rings. The summed E-state index contributed by atoms with van der Waals surface area (Å²) in [6.07, 6.45) is 4.79. The molecule has 0 aliphatic heterocycles. The van der Waals surface area contributed by atoms with Crippen molar-refractivity contribution in [1.82, 2.24) is 0 Å². The van der Waals surface area contributed by atoms with E-state index >= 15 is 0 Å². The van der Waals surface area contributed by atoms with Crippen molar-refractivity contribution in [2.45, 2.75) is 19.8 Å². The van der Waals surface area contributed by atoms with Crippen LogP contribution in [0.15, 0.2) is 24.8 Å². The Morgan fingerprint density at radius 2 is 2.23 bits per heavy atom. The van der Waals surface area contributed by atoms with Gasteiger partial charge in [0.15, 0.2) is 0 Å². The van der Waals surface area contributed by atoms with Crippen molar-refractivity contribution in [1.29, 1.82) is 5.26 Å². The third kappa shape index (κ3) is 2.19. The van der Waals surface area contributed by atoms with Gasteiger partial charge in [-0.3, -0.25) is 0 Å². The maximum atomic E-state index is 8.87. The van der Waals surface area contributed by atoms with Crippen molar-refractivity contribution in [2.24, 2.45) is 0 Å². The molecule has 0 aliphatic rings. The summed E-state index contributed by atoms with van der Waals surface area (Å²) < 4.78 is 0. The van der Waals surface area contributed by atoms with Crippen molar-refractivity contribution in [3.63, 3.8) is 0 Å². The van der Waals surface area contributed by atoms with Gasteiger partial charge in [-0.2, -0.15) is 5.26 Å². The third-order valence-electron chi connectivity index (χ3n) is 1.95. The fraction of sp³-hybridized carbons (Fsp3) is 0.250. The van der Waals surface area contributed by atoms with Crippen LogP contribution >= 0.6 is 0 Å². The molecule has 0 N–H and O–H groups in total. The second-order valence-corrected chi connectivity index (χ2v) is 2.91. The van der Waals surface area contributed by atoms with E-state index < -0.39 is 0 Å². The van der Waals surface area contributed by atoms with Gasteiger partial charge in [0, 0.05) is 0 Å². The van der Waals surface area contributed by atoms with Gasteiger partial charge >= 0.3 is 0 Å². The van der Waals surface area contributed by atoms with E-state index in [-0.39, 0.29) is 0 Å². The first-order valence-electron chi connectivity index (χ1n) is 4.38. The Morgan fingerprint density at radius 1 is 1.46 bits per heavy atom. The Kier molecular flexibility index (Phi) is 3.28. The lowest BCUT2D eigenvalue weighted by atomic mass is 10.0. The lowest BCUT2D eigenvalue weighted by Crippen LogP contribution is -1.90. The third-order valence-corrected chi connectivity index (χ3v) is 1.95. The molecule has 0 bridgehead atoms. The summed E-state index contributed by atoms with van der Waals surface area (Å²) in [5, 5.41) is 8.87. The van der Waals surface area contributed by atoms with Gasteiger partial charge in [-0.15, -0.1) is 0 Å². The van der Waals surface area contributed by atoms with Gasteiger partial charge in [-0.1, -0.05) is 32.1 Å². The first-order valence-corrected chi connectivity index (χ1v) is 4.38. The van der Waals surface area contributed by atoms with Crippen molar-refractivity contribution >= 4 is 0 Å². The highest BCUT2D eigenvalue weighted by Gasteiger charge is 2.00. The molecule has 0 saturated heterocycles. The minimum atomic E-state index is 0.746. The number of nitrogens with zero attached hydrogens (tertiary/aromatic N) is 1. The van der Waals surface area contributed by atoms with E-state index in [1.807, 2.05) is 18.2 Å². The van der Waals surface area contributed by atoms with Gasteiger partial charge in [-0.05, 0) is 29.7 Å². The van der Waals surface area contributed by atoms with E-state index in [9.17, 15) is 0 Å². The van der Waals surface area contributed by atoms with E-state index in [4.69, 9.17) is 5.26 Å². The van der Waals surface area contributed by atoms with E-state index in [2.05, 4.69) is 25.6 Å². The van der Waals surface area contributed by atoms with Crippen LogP contribution in [-0.4, -0.2) is 0 Å².